The molecule has 0 aliphatic carbocycles. The maximum Gasteiger partial charge on any atom is 0.253 e. The van der Waals surface area contributed by atoms with E-state index in [9.17, 15) is 4.79 Å². The molecule has 0 radical (unpaired) electrons. The molecule has 0 aromatic heterocycles. The minimum Gasteiger partial charge on any atom is -0.364 e. The zero-order valence-electron chi connectivity index (χ0n) is 15.7. The Morgan fingerprint density at radius 2 is 1.85 bits per heavy atom. The highest BCUT2D eigenvalue weighted by Crippen LogP contribution is 2.31. The summed E-state index contributed by atoms with van der Waals surface area (Å²) in [6.07, 6.45) is 5.85. The van der Waals surface area contributed by atoms with Crippen molar-refractivity contribution in [2.75, 3.05) is 18.0 Å². The van der Waals surface area contributed by atoms with Crippen LogP contribution in [0.15, 0.2) is 48.5 Å². The largest absolute Gasteiger partial charge is 0.364 e. The molecule has 2 aliphatic heterocycles. The maximum absolute atomic E-state index is 12.8. The number of aryl methyl sites for hydroxylation is 1. The molecule has 1 unspecified atom stereocenters. The number of amides is 1. The maximum atomic E-state index is 12.8. The fourth-order valence-corrected chi connectivity index (χ4v) is 4.28. The van der Waals surface area contributed by atoms with E-state index in [0.29, 0.717) is 6.04 Å². The summed E-state index contributed by atoms with van der Waals surface area (Å²) < 4.78 is 0. The molecule has 2 aromatic rings. The van der Waals surface area contributed by atoms with Crippen LogP contribution >= 0.6 is 0 Å². The number of rotatable bonds is 3. The van der Waals surface area contributed by atoms with E-state index in [0.717, 1.165) is 44.5 Å². The Morgan fingerprint density at radius 1 is 1.04 bits per heavy atom. The van der Waals surface area contributed by atoms with Gasteiger partial charge in [-0.3, -0.25) is 4.79 Å². The Bertz CT molecular complexity index is 779. The lowest BCUT2D eigenvalue weighted by Crippen LogP contribution is -2.37. The van der Waals surface area contributed by atoms with E-state index >= 15 is 0 Å². The van der Waals surface area contributed by atoms with Gasteiger partial charge in [0.25, 0.3) is 5.91 Å². The minimum absolute atomic E-state index is 0.193. The second-order valence-corrected chi connectivity index (χ2v) is 7.70. The fraction of sp³-hybridized carbons (Fsp3) is 0.435. The molecule has 1 amide bonds. The standard InChI is InChI=1S/C23H28N2O/c1-18-12-13-20-9-3-4-11-22(20)25(18)17-19-8-7-10-21(16-19)23(26)24-14-5-2-6-15-24/h3-4,7-11,16,18H,2,5-6,12-15,17H2,1H3. The number of para-hydroxylation sites is 1. The van der Waals surface area contributed by atoms with Gasteiger partial charge in [-0.2, -0.15) is 0 Å². The van der Waals surface area contributed by atoms with Crippen LogP contribution in [0.4, 0.5) is 5.69 Å². The van der Waals surface area contributed by atoms with E-state index in [-0.39, 0.29) is 5.91 Å². The van der Waals surface area contributed by atoms with E-state index < -0.39 is 0 Å². The van der Waals surface area contributed by atoms with Crippen molar-refractivity contribution in [1.82, 2.24) is 4.90 Å². The first kappa shape index (κ1) is 17.1. The zero-order valence-corrected chi connectivity index (χ0v) is 15.7. The zero-order chi connectivity index (χ0) is 17.9. The predicted molar refractivity (Wildman–Crippen MR) is 107 cm³/mol. The molecule has 2 aromatic carbocycles. The van der Waals surface area contributed by atoms with Gasteiger partial charge in [0, 0.05) is 36.9 Å². The summed E-state index contributed by atoms with van der Waals surface area (Å²) >= 11 is 0. The number of hydrogen-bond acceptors (Lipinski definition) is 2. The molecule has 3 nitrogen and oxygen atoms in total. The Morgan fingerprint density at radius 3 is 2.69 bits per heavy atom. The number of fused-ring (bicyclic) bond motifs is 1. The van der Waals surface area contributed by atoms with Gasteiger partial charge in [0.15, 0.2) is 0 Å². The molecule has 0 spiro atoms. The number of nitrogens with zero attached hydrogens (tertiary/aromatic N) is 2. The van der Waals surface area contributed by atoms with Crippen LogP contribution in [0.3, 0.4) is 0 Å². The number of carbonyl (C=O) groups is 1. The number of hydrogen-bond donors (Lipinski definition) is 0. The summed E-state index contributed by atoms with van der Waals surface area (Å²) in [7, 11) is 0. The number of carbonyl (C=O) groups excluding carboxylic acids is 1. The molecule has 136 valence electrons. The number of anilines is 1. The molecule has 26 heavy (non-hydrogen) atoms. The van der Waals surface area contributed by atoms with Crippen molar-refractivity contribution in [2.24, 2.45) is 0 Å². The summed E-state index contributed by atoms with van der Waals surface area (Å²) in [5, 5.41) is 0. The summed E-state index contributed by atoms with van der Waals surface area (Å²) in [4.78, 5) is 17.3. The van der Waals surface area contributed by atoms with Crippen LogP contribution in [-0.4, -0.2) is 29.9 Å². The van der Waals surface area contributed by atoms with Crippen molar-refractivity contribution in [2.45, 2.75) is 51.6 Å². The summed E-state index contributed by atoms with van der Waals surface area (Å²) in [5.74, 6) is 0.193. The van der Waals surface area contributed by atoms with Crippen LogP contribution < -0.4 is 4.90 Å². The van der Waals surface area contributed by atoms with Crippen molar-refractivity contribution in [1.29, 1.82) is 0 Å². The highest BCUT2D eigenvalue weighted by molar-refractivity contribution is 5.94. The van der Waals surface area contributed by atoms with Crippen LogP contribution in [0.5, 0.6) is 0 Å². The van der Waals surface area contributed by atoms with E-state index in [2.05, 4.69) is 48.2 Å². The lowest BCUT2D eigenvalue weighted by Gasteiger charge is -2.37. The highest BCUT2D eigenvalue weighted by atomic mass is 16.2. The van der Waals surface area contributed by atoms with Gasteiger partial charge < -0.3 is 9.80 Å². The molecule has 3 heteroatoms. The monoisotopic (exact) mass is 348 g/mol. The predicted octanol–water partition coefficient (Wildman–Crippen LogP) is 4.65. The second-order valence-electron chi connectivity index (χ2n) is 7.70. The first-order chi connectivity index (χ1) is 12.7. The third kappa shape index (κ3) is 3.48. The molecule has 1 saturated heterocycles. The Hall–Kier alpha value is -2.29. The van der Waals surface area contributed by atoms with E-state index in [1.807, 2.05) is 17.0 Å². The number of likely N-dealkylation sites (tertiary alicyclic amines) is 1. The molecule has 0 bridgehead atoms. The van der Waals surface area contributed by atoms with Crippen molar-refractivity contribution < 1.29 is 4.79 Å². The smallest absolute Gasteiger partial charge is 0.253 e. The van der Waals surface area contributed by atoms with Gasteiger partial charge in [-0.1, -0.05) is 30.3 Å². The molecule has 0 N–H and O–H groups in total. The number of benzene rings is 2. The lowest BCUT2D eigenvalue weighted by molar-refractivity contribution is 0.0724. The topological polar surface area (TPSA) is 23.6 Å². The van der Waals surface area contributed by atoms with Gasteiger partial charge in [-0.05, 0) is 68.4 Å². The van der Waals surface area contributed by atoms with Gasteiger partial charge in [-0.15, -0.1) is 0 Å². The average molecular weight is 348 g/mol. The molecule has 1 fully saturated rings. The quantitative estimate of drug-likeness (QED) is 0.806. The van der Waals surface area contributed by atoms with E-state index in [1.54, 1.807) is 0 Å². The fourth-order valence-electron chi connectivity index (χ4n) is 4.28. The molecule has 4 rings (SSSR count). The summed E-state index contributed by atoms with van der Waals surface area (Å²) in [6.45, 7) is 4.97. The second kappa shape index (κ2) is 7.53. The third-order valence-electron chi connectivity index (χ3n) is 5.83. The first-order valence-electron chi connectivity index (χ1n) is 9.95. The van der Waals surface area contributed by atoms with Gasteiger partial charge in [-0.25, -0.2) is 0 Å². The molecule has 2 heterocycles. The normalized spacial score (nSPS) is 20.0. The van der Waals surface area contributed by atoms with Crippen molar-refractivity contribution >= 4 is 11.6 Å². The summed E-state index contributed by atoms with van der Waals surface area (Å²) in [5.41, 5.74) is 4.84. The number of piperidine rings is 1. The molecule has 0 saturated carbocycles. The van der Waals surface area contributed by atoms with Gasteiger partial charge in [0.2, 0.25) is 0 Å². The van der Waals surface area contributed by atoms with E-state index in [4.69, 9.17) is 0 Å². The molecule has 2 aliphatic rings. The van der Waals surface area contributed by atoms with E-state index in [1.165, 1.54) is 29.7 Å². The van der Waals surface area contributed by atoms with Gasteiger partial charge >= 0.3 is 0 Å². The van der Waals surface area contributed by atoms with Crippen LogP contribution in [0.1, 0.15) is 54.1 Å². The third-order valence-corrected chi connectivity index (χ3v) is 5.83. The summed E-state index contributed by atoms with van der Waals surface area (Å²) in [6, 6.07) is 17.5. The van der Waals surface area contributed by atoms with Crippen LogP contribution in [0.25, 0.3) is 0 Å². The molecular weight excluding hydrogens is 320 g/mol. The van der Waals surface area contributed by atoms with Gasteiger partial charge in [0.05, 0.1) is 0 Å². The molecular formula is C23H28N2O. The Kier molecular flexibility index (Phi) is 4.96. The van der Waals surface area contributed by atoms with Crippen molar-refractivity contribution in [3.8, 4) is 0 Å². The minimum atomic E-state index is 0.193. The van der Waals surface area contributed by atoms with Gasteiger partial charge in [0.1, 0.15) is 0 Å². The van der Waals surface area contributed by atoms with Crippen molar-refractivity contribution in [3.05, 3.63) is 65.2 Å². The SMILES string of the molecule is CC1CCc2ccccc2N1Cc1cccc(C(=O)N2CCCCC2)c1. The Balaban J connectivity index is 1.55. The average Bonchev–Trinajstić information content (AvgIpc) is 2.70. The highest BCUT2D eigenvalue weighted by Gasteiger charge is 2.23. The van der Waals surface area contributed by atoms with Crippen LogP contribution in [-0.2, 0) is 13.0 Å². The Labute approximate surface area is 156 Å². The lowest BCUT2D eigenvalue weighted by atomic mass is 9.96. The molecule has 1 atom stereocenters. The van der Waals surface area contributed by atoms with Crippen LogP contribution in [0, 0.1) is 0 Å². The van der Waals surface area contributed by atoms with Crippen LogP contribution in [0.2, 0.25) is 0 Å². The first-order valence-corrected chi connectivity index (χ1v) is 9.95. The van der Waals surface area contributed by atoms with Crippen molar-refractivity contribution in [3.63, 3.8) is 0 Å².